The van der Waals surface area contributed by atoms with E-state index in [4.69, 9.17) is 4.98 Å². The van der Waals surface area contributed by atoms with Crippen molar-refractivity contribution in [3.05, 3.63) is 77.0 Å². The summed E-state index contributed by atoms with van der Waals surface area (Å²) in [5.74, 6) is 0.630. The van der Waals surface area contributed by atoms with Crippen LogP contribution in [-0.2, 0) is 12.8 Å². The first-order valence-corrected chi connectivity index (χ1v) is 11.8. The third-order valence-electron chi connectivity index (χ3n) is 6.79. The first-order chi connectivity index (χ1) is 16.6. The molecule has 3 N–H and O–H groups in total. The van der Waals surface area contributed by atoms with E-state index < -0.39 is 0 Å². The molecule has 7 heteroatoms. The summed E-state index contributed by atoms with van der Waals surface area (Å²) in [5.41, 5.74) is 8.41. The molecule has 1 unspecified atom stereocenters. The number of amides is 1. The van der Waals surface area contributed by atoms with E-state index >= 15 is 0 Å². The van der Waals surface area contributed by atoms with Crippen LogP contribution in [0.5, 0.6) is 0 Å². The summed E-state index contributed by atoms with van der Waals surface area (Å²) < 4.78 is 0. The van der Waals surface area contributed by atoms with Gasteiger partial charge in [-0.15, -0.1) is 0 Å². The van der Waals surface area contributed by atoms with Gasteiger partial charge in [-0.3, -0.25) is 9.89 Å². The quantitative estimate of drug-likeness (QED) is 0.351. The van der Waals surface area contributed by atoms with Gasteiger partial charge < -0.3 is 10.3 Å². The molecule has 0 bridgehead atoms. The standard InChI is InChI=1S/C27H26N6O/c1-15-13-28-26(30-15)16(2)31-27(34)18-9-7-17(8-10-18)25-20-6-4-3-5-19(20)24-21-14-29-33-22(21)11-12-23(24)32-25/h7-14,16H,3-6H2,1-2H3,(H,28,30)(H,29,33)(H,31,34). The number of hydrogen-bond donors (Lipinski definition) is 3. The molecule has 0 saturated heterocycles. The first-order valence-electron chi connectivity index (χ1n) is 11.8. The number of H-pyrrole nitrogens is 2. The zero-order valence-electron chi connectivity index (χ0n) is 19.3. The van der Waals surface area contributed by atoms with Crippen LogP contribution < -0.4 is 5.32 Å². The molecule has 1 aliphatic rings. The largest absolute Gasteiger partial charge is 0.344 e. The van der Waals surface area contributed by atoms with Gasteiger partial charge in [-0.2, -0.15) is 5.10 Å². The minimum Gasteiger partial charge on any atom is -0.344 e. The maximum Gasteiger partial charge on any atom is 0.251 e. The highest BCUT2D eigenvalue weighted by Crippen LogP contribution is 2.37. The number of carbonyl (C=O) groups excluding carboxylic acids is 1. The van der Waals surface area contributed by atoms with E-state index in [2.05, 4.69) is 31.5 Å². The third-order valence-corrected chi connectivity index (χ3v) is 6.79. The smallest absolute Gasteiger partial charge is 0.251 e. The predicted octanol–water partition coefficient (Wildman–Crippen LogP) is 5.18. The Hall–Kier alpha value is -4.00. The van der Waals surface area contributed by atoms with Gasteiger partial charge in [-0.25, -0.2) is 9.97 Å². The molecule has 6 rings (SSSR count). The van der Waals surface area contributed by atoms with Crippen LogP contribution in [0.4, 0.5) is 0 Å². The molecule has 5 aromatic rings. The van der Waals surface area contributed by atoms with Gasteiger partial charge in [0.1, 0.15) is 5.82 Å². The molecule has 34 heavy (non-hydrogen) atoms. The fraction of sp³-hybridized carbons (Fsp3) is 0.259. The van der Waals surface area contributed by atoms with Gasteiger partial charge in [0.25, 0.3) is 5.91 Å². The molecule has 2 aromatic carbocycles. The molecular formula is C27H26N6O. The molecule has 1 aliphatic carbocycles. The first kappa shape index (κ1) is 20.6. The van der Waals surface area contributed by atoms with Crippen molar-refractivity contribution in [3.63, 3.8) is 0 Å². The van der Waals surface area contributed by atoms with Gasteiger partial charge in [0.2, 0.25) is 0 Å². The van der Waals surface area contributed by atoms with Crippen LogP contribution in [0.25, 0.3) is 33.1 Å². The van der Waals surface area contributed by atoms with Gasteiger partial charge in [-0.05, 0) is 74.9 Å². The Bertz CT molecular complexity index is 1530. The number of rotatable bonds is 4. The Morgan fingerprint density at radius 3 is 2.59 bits per heavy atom. The Morgan fingerprint density at radius 2 is 1.82 bits per heavy atom. The fourth-order valence-corrected chi connectivity index (χ4v) is 5.07. The molecule has 3 aromatic heterocycles. The number of aromatic nitrogens is 5. The average molecular weight is 451 g/mol. The molecular weight excluding hydrogens is 424 g/mol. The van der Waals surface area contributed by atoms with Crippen molar-refractivity contribution in [3.8, 4) is 11.3 Å². The van der Waals surface area contributed by atoms with E-state index in [0.29, 0.717) is 5.56 Å². The Morgan fingerprint density at radius 1 is 1.03 bits per heavy atom. The van der Waals surface area contributed by atoms with E-state index in [0.717, 1.165) is 52.0 Å². The number of imidazole rings is 1. The second-order valence-corrected chi connectivity index (χ2v) is 9.14. The summed E-state index contributed by atoms with van der Waals surface area (Å²) in [4.78, 5) is 25.4. The lowest BCUT2D eigenvalue weighted by molar-refractivity contribution is 0.0938. The minimum atomic E-state index is -0.199. The van der Waals surface area contributed by atoms with Crippen LogP contribution >= 0.6 is 0 Å². The number of nitrogens with one attached hydrogen (secondary N) is 3. The molecule has 0 aliphatic heterocycles. The second-order valence-electron chi connectivity index (χ2n) is 9.14. The molecule has 0 saturated carbocycles. The maximum absolute atomic E-state index is 12.8. The second kappa shape index (κ2) is 8.09. The highest BCUT2D eigenvalue weighted by atomic mass is 16.1. The third kappa shape index (κ3) is 3.44. The van der Waals surface area contributed by atoms with Crippen molar-refractivity contribution in [2.75, 3.05) is 0 Å². The highest BCUT2D eigenvalue weighted by Gasteiger charge is 2.21. The summed E-state index contributed by atoms with van der Waals surface area (Å²) in [5, 5.41) is 12.7. The van der Waals surface area contributed by atoms with Crippen molar-refractivity contribution >= 4 is 27.7 Å². The van der Waals surface area contributed by atoms with E-state index in [9.17, 15) is 4.79 Å². The Balaban J connectivity index is 1.35. The van der Waals surface area contributed by atoms with E-state index in [1.165, 1.54) is 29.4 Å². The summed E-state index contributed by atoms with van der Waals surface area (Å²) in [6, 6.07) is 11.7. The number of nitrogens with zero attached hydrogens (tertiary/aromatic N) is 3. The summed E-state index contributed by atoms with van der Waals surface area (Å²) >= 11 is 0. The number of carbonyl (C=O) groups is 1. The highest BCUT2D eigenvalue weighted by molar-refractivity contribution is 6.07. The van der Waals surface area contributed by atoms with Crippen LogP contribution in [0, 0.1) is 6.92 Å². The lowest BCUT2D eigenvalue weighted by Crippen LogP contribution is -2.27. The molecule has 1 atom stereocenters. The molecule has 1 amide bonds. The molecule has 0 radical (unpaired) electrons. The fourth-order valence-electron chi connectivity index (χ4n) is 5.07. The van der Waals surface area contributed by atoms with Gasteiger partial charge in [0, 0.05) is 33.8 Å². The number of aryl methyl sites for hydroxylation is 2. The minimum absolute atomic E-state index is 0.121. The van der Waals surface area contributed by atoms with Crippen LogP contribution in [0.15, 0.2) is 48.8 Å². The van der Waals surface area contributed by atoms with Crippen molar-refractivity contribution < 1.29 is 4.79 Å². The Labute approximate surface area is 197 Å². The lowest BCUT2D eigenvalue weighted by Gasteiger charge is -2.22. The van der Waals surface area contributed by atoms with E-state index in [-0.39, 0.29) is 11.9 Å². The molecule has 170 valence electrons. The molecule has 0 fully saturated rings. The lowest BCUT2D eigenvalue weighted by atomic mass is 9.85. The van der Waals surface area contributed by atoms with Gasteiger partial charge in [0.15, 0.2) is 0 Å². The number of pyridine rings is 1. The van der Waals surface area contributed by atoms with Gasteiger partial charge >= 0.3 is 0 Å². The maximum atomic E-state index is 12.8. The summed E-state index contributed by atoms with van der Waals surface area (Å²) in [7, 11) is 0. The normalized spacial score (nSPS) is 14.3. The molecule has 0 spiro atoms. The van der Waals surface area contributed by atoms with E-state index in [1.807, 2.05) is 50.4 Å². The van der Waals surface area contributed by atoms with Crippen molar-refractivity contribution in [1.82, 2.24) is 30.5 Å². The van der Waals surface area contributed by atoms with E-state index in [1.54, 1.807) is 6.20 Å². The van der Waals surface area contributed by atoms with Crippen LogP contribution in [0.1, 0.15) is 58.8 Å². The average Bonchev–Trinajstić information content (AvgIpc) is 3.52. The summed E-state index contributed by atoms with van der Waals surface area (Å²) in [6.45, 7) is 3.87. The van der Waals surface area contributed by atoms with Crippen LogP contribution in [0.2, 0.25) is 0 Å². The monoisotopic (exact) mass is 450 g/mol. The summed E-state index contributed by atoms with van der Waals surface area (Å²) in [6.07, 6.45) is 8.10. The van der Waals surface area contributed by atoms with Gasteiger partial charge in [0.05, 0.1) is 29.0 Å². The van der Waals surface area contributed by atoms with Crippen molar-refractivity contribution in [2.24, 2.45) is 0 Å². The SMILES string of the molecule is Cc1cnc(C(C)NC(=O)c2ccc(-c3nc4ccc5[nH]ncc5c4c4c3CCCC4)cc2)[nH]1. The number of aromatic amines is 2. The number of hydrogen-bond acceptors (Lipinski definition) is 4. The Kier molecular flexibility index (Phi) is 4.90. The predicted molar refractivity (Wildman–Crippen MR) is 133 cm³/mol. The van der Waals surface area contributed by atoms with Gasteiger partial charge in [-0.1, -0.05) is 12.1 Å². The van der Waals surface area contributed by atoms with Crippen LogP contribution in [0.3, 0.4) is 0 Å². The zero-order valence-corrected chi connectivity index (χ0v) is 19.3. The van der Waals surface area contributed by atoms with Crippen molar-refractivity contribution in [1.29, 1.82) is 0 Å². The van der Waals surface area contributed by atoms with Crippen LogP contribution in [-0.4, -0.2) is 31.1 Å². The molecule has 3 heterocycles. The zero-order chi connectivity index (χ0) is 23.2. The number of fused-ring (bicyclic) bond motifs is 5. The number of benzene rings is 2. The molecule has 7 nitrogen and oxygen atoms in total. The van der Waals surface area contributed by atoms with Crippen molar-refractivity contribution in [2.45, 2.75) is 45.6 Å². The topological polar surface area (TPSA) is 99.3 Å².